The van der Waals surface area contributed by atoms with Gasteiger partial charge in [-0.3, -0.25) is 0 Å². The molecule has 0 spiro atoms. The third-order valence-corrected chi connectivity index (χ3v) is 12.3. The maximum absolute atomic E-state index is 5.26. The maximum Gasteiger partial charge on any atom is 0.160 e. The second-order valence-electron chi connectivity index (χ2n) is 16.2. The van der Waals surface area contributed by atoms with Crippen LogP contribution in [-0.4, -0.2) is 9.97 Å². The van der Waals surface area contributed by atoms with Crippen LogP contribution >= 0.6 is 0 Å². The van der Waals surface area contributed by atoms with E-state index in [4.69, 9.17) is 9.97 Å². The number of benzene rings is 9. The molecule has 1 aliphatic rings. The average molecular weight is 753 g/mol. The van der Waals surface area contributed by atoms with Crippen molar-refractivity contribution >= 4 is 21.5 Å². The third kappa shape index (κ3) is 5.96. The Morgan fingerprint density at radius 1 is 0.322 bits per heavy atom. The summed E-state index contributed by atoms with van der Waals surface area (Å²) in [6, 6.07) is 74.4. The maximum atomic E-state index is 5.26. The van der Waals surface area contributed by atoms with E-state index in [0.717, 1.165) is 39.0 Å². The van der Waals surface area contributed by atoms with Gasteiger partial charge in [0.1, 0.15) is 0 Å². The molecular weight excluding hydrogens is 713 g/mol. The molecule has 1 aliphatic carbocycles. The summed E-state index contributed by atoms with van der Waals surface area (Å²) in [5, 5.41) is 4.81. The fourth-order valence-corrected chi connectivity index (χ4v) is 9.27. The summed E-state index contributed by atoms with van der Waals surface area (Å²) in [5.41, 5.74) is 17.6. The normalized spacial score (nSPS) is 12.7. The van der Waals surface area contributed by atoms with E-state index in [9.17, 15) is 0 Å². The first-order valence-electron chi connectivity index (χ1n) is 20.4. The van der Waals surface area contributed by atoms with E-state index in [0.29, 0.717) is 5.82 Å². The summed E-state index contributed by atoms with van der Waals surface area (Å²) in [5.74, 6) is 0.705. The molecule has 1 heterocycles. The van der Waals surface area contributed by atoms with Crippen molar-refractivity contribution in [2.75, 3.05) is 0 Å². The van der Waals surface area contributed by atoms with E-state index in [2.05, 4.69) is 202 Å². The van der Waals surface area contributed by atoms with Gasteiger partial charge in [0.15, 0.2) is 5.82 Å². The zero-order valence-corrected chi connectivity index (χ0v) is 33.0. The molecule has 11 rings (SSSR count). The fraction of sp³-hybridized carbons (Fsp3) is 0.0526. The van der Waals surface area contributed by atoms with Crippen molar-refractivity contribution in [3.05, 3.63) is 217 Å². The Morgan fingerprint density at radius 2 is 0.881 bits per heavy atom. The van der Waals surface area contributed by atoms with Crippen LogP contribution in [0.15, 0.2) is 206 Å². The minimum atomic E-state index is -0.0310. The van der Waals surface area contributed by atoms with Gasteiger partial charge < -0.3 is 0 Å². The monoisotopic (exact) mass is 752 g/mol. The Labute approximate surface area is 345 Å². The Hall–Kier alpha value is -7.42. The lowest BCUT2D eigenvalue weighted by atomic mass is 9.82. The molecule has 0 saturated carbocycles. The molecule has 2 heteroatoms. The van der Waals surface area contributed by atoms with Gasteiger partial charge in [-0.1, -0.05) is 202 Å². The molecule has 0 bridgehead atoms. The SMILES string of the molecule is CC1(C)c2ccccc2-c2c(-c3ccc(-c4ccc(-c5cc(-c6cccc(-c7ccc8ccccc8c7)c6)nc(-c6ccccc6)n5)c5ccccc45)cc3)cccc21. The molecule has 1 aromatic heterocycles. The van der Waals surface area contributed by atoms with Gasteiger partial charge in [-0.15, -0.1) is 0 Å². The summed E-state index contributed by atoms with van der Waals surface area (Å²) in [6.45, 7) is 4.68. The zero-order valence-electron chi connectivity index (χ0n) is 33.0. The number of rotatable bonds is 6. The third-order valence-electron chi connectivity index (χ3n) is 12.3. The lowest BCUT2D eigenvalue weighted by Crippen LogP contribution is -2.14. The topological polar surface area (TPSA) is 25.8 Å². The van der Waals surface area contributed by atoms with E-state index < -0.39 is 0 Å². The van der Waals surface area contributed by atoms with Gasteiger partial charge in [-0.25, -0.2) is 9.97 Å². The van der Waals surface area contributed by atoms with Gasteiger partial charge >= 0.3 is 0 Å². The van der Waals surface area contributed by atoms with Gasteiger partial charge in [0.25, 0.3) is 0 Å². The van der Waals surface area contributed by atoms with Crippen LogP contribution in [-0.2, 0) is 5.41 Å². The summed E-state index contributed by atoms with van der Waals surface area (Å²) in [7, 11) is 0. The molecule has 278 valence electrons. The molecule has 0 unspecified atom stereocenters. The Balaban J connectivity index is 1.00. The van der Waals surface area contributed by atoms with Gasteiger partial charge in [0.2, 0.25) is 0 Å². The summed E-state index contributed by atoms with van der Waals surface area (Å²) < 4.78 is 0. The summed E-state index contributed by atoms with van der Waals surface area (Å²) in [6.07, 6.45) is 0. The first-order valence-corrected chi connectivity index (χ1v) is 20.4. The molecule has 9 aromatic carbocycles. The second kappa shape index (κ2) is 13.9. The largest absolute Gasteiger partial charge is 0.228 e. The Bertz CT molecular complexity index is 3230. The van der Waals surface area contributed by atoms with Crippen LogP contribution in [0.25, 0.3) is 100.0 Å². The number of fused-ring (bicyclic) bond motifs is 5. The molecule has 0 amide bonds. The van der Waals surface area contributed by atoms with Crippen molar-refractivity contribution in [1.29, 1.82) is 0 Å². The number of nitrogens with zero attached hydrogens (tertiary/aromatic N) is 2. The molecule has 10 aromatic rings. The van der Waals surface area contributed by atoms with Crippen molar-refractivity contribution in [2.24, 2.45) is 0 Å². The molecule has 0 aliphatic heterocycles. The lowest BCUT2D eigenvalue weighted by molar-refractivity contribution is 0.660. The molecule has 0 radical (unpaired) electrons. The highest BCUT2D eigenvalue weighted by molar-refractivity contribution is 6.05. The molecular formula is C57H40N2. The Morgan fingerprint density at radius 3 is 1.71 bits per heavy atom. The fourth-order valence-electron chi connectivity index (χ4n) is 9.27. The van der Waals surface area contributed by atoms with E-state index in [-0.39, 0.29) is 5.41 Å². The zero-order chi connectivity index (χ0) is 39.5. The molecule has 2 nitrogen and oxygen atoms in total. The molecule has 0 fully saturated rings. The van der Waals surface area contributed by atoms with E-state index >= 15 is 0 Å². The number of hydrogen-bond acceptors (Lipinski definition) is 2. The van der Waals surface area contributed by atoms with E-state index in [1.807, 2.05) is 18.2 Å². The van der Waals surface area contributed by atoms with Crippen LogP contribution in [0, 0.1) is 0 Å². The highest BCUT2D eigenvalue weighted by Gasteiger charge is 2.36. The van der Waals surface area contributed by atoms with Crippen molar-refractivity contribution in [3.63, 3.8) is 0 Å². The smallest absolute Gasteiger partial charge is 0.160 e. The second-order valence-corrected chi connectivity index (χ2v) is 16.2. The van der Waals surface area contributed by atoms with E-state index in [1.54, 1.807) is 0 Å². The predicted molar refractivity (Wildman–Crippen MR) is 247 cm³/mol. The first-order chi connectivity index (χ1) is 29.0. The van der Waals surface area contributed by atoms with Crippen molar-refractivity contribution in [1.82, 2.24) is 9.97 Å². The summed E-state index contributed by atoms with van der Waals surface area (Å²) >= 11 is 0. The van der Waals surface area contributed by atoms with Crippen molar-refractivity contribution in [3.8, 4) is 78.4 Å². The van der Waals surface area contributed by atoms with Crippen LogP contribution in [0.3, 0.4) is 0 Å². The van der Waals surface area contributed by atoms with Crippen LogP contribution in [0.2, 0.25) is 0 Å². The van der Waals surface area contributed by atoms with Crippen LogP contribution in [0.5, 0.6) is 0 Å². The lowest BCUT2D eigenvalue weighted by Gasteiger charge is -2.21. The number of hydrogen-bond donors (Lipinski definition) is 0. The summed E-state index contributed by atoms with van der Waals surface area (Å²) in [4.78, 5) is 10.4. The quantitative estimate of drug-likeness (QED) is 0.169. The van der Waals surface area contributed by atoms with Gasteiger partial charge in [-0.05, 0) is 95.4 Å². The highest BCUT2D eigenvalue weighted by atomic mass is 14.9. The average Bonchev–Trinajstić information content (AvgIpc) is 3.54. The molecule has 0 atom stereocenters. The number of aromatic nitrogens is 2. The molecule has 0 saturated heterocycles. The minimum Gasteiger partial charge on any atom is -0.228 e. The molecule has 0 N–H and O–H groups in total. The standard InChI is InChI=1S/C57H40N2/c1-57(2)51-24-11-10-22-50(51)55-46(23-13-25-52(55)57)39-29-27-38(28-30-39)45-32-33-49(48-21-9-8-20-47(45)48)54-36-53(58-56(59-54)40-15-4-3-5-16-40)44-19-12-18-42(35-44)43-31-26-37-14-6-7-17-41(37)34-43/h3-36H,1-2H3. The van der Waals surface area contributed by atoms with Gasteiger partial charge in [0, 0.05) is 22.1 Å². The van der Waals surface area contributed by atoms with Gasteiger partial charge in [0.05, 0.1) is 11.4 Å². The van der Waals surface area contributed by atoms with Crippen LogP contribution in [0.1, 0.15) is 25.0 Å². The predicted octanol–water partition coefficient (Wildman–Crippen LogP) is 15.1. The van der Waals surface area contributed by atoms with Crippen LogP contribution in [0.4, 0.5) is 0 Å². The molecule has 59 heavy (non-hydrogen) atoms. The van der Waals surface area contributed by atoms with Crippen molar-refractivity contribution < 1.29 is 0 Å². The highest BCUT2D eigenvalue weighted by Crippen LogP contribution is 2.52. The van der Waals surface area contributed by atoms with Crippen LogP contribution < -0.4 is 0 Å². The van der Waals surface area contributed by atoms with E-state index in [1.165, 1.54) is 66.2 Å². The first kappa shape index (κ1) is 34.8. The Kier molecular flexibility index (Phi) is 8.20. The van der Waals surface area contributed by atoms with Crippen molar-refractivity contribution in [2.45, 2.75) is 19.3 Å². The minimum absolute atomic E-state index is 0.0310. The van der Waals surface area contributed by atoms with Gasteiger partial charge in [-0.2, -0.15) is 0 Å².